The molecule has 0 radical (unpaired) electrons. The van der Waals surface area contributed by atoms with Gasteiger partial charge in [-0.15, -0.1) is 10.2 Å². The number of aromatic nitrogens is 3. The van der Waals surface area contributed by atoms with Crippen LogP contribution in [0, 0.1) is 6.92 Å². The molecular formula is C24H23ClN4O3S. The van der Waals surface area contributed by atoms with E-state index < -0.39 is 0 Å². The van der Waals surface area contributed by atoms with Crippen LogP contribution in [0.25, 0.3) is 5.69 Å². The van der Waals surface area contributed by atoms with Gasteiger partial charge in [0.2, 0.25) is 5.91 Å². The fraction of sp³-hybridized carbons (Fsp3) is 0.208. The molecule has 2 heterocycles. The van der Waals surface area contributed by atoms with Crippen LogP contribution in [0.2, 0.25) is 5.02 Å². The number of rotatable bonds is 9. The number of carbonyl (C=O) groups excluding carboxylic acids is 1. The molecule has 0 fully saturated rings. The molecule has 0 bridgehead atoms. The Bertz CT molecular complexity index is 1230. The van der Waals surface area contributed by atoms with Crippen LogP contribution in [-0.4, -0.2) is 38.4 Å². The Kier molecular flexibility index (Phi) is 7.36. The Hall–Kier alpha value is -3.23. The van der Waals surface area contributed by atoms with E-state index in [1.807, 2.05) is 66.1 Å². The number of amides is 1. The fourth-order valence-corrected chi connectivity index (χ4v) is 4.26. The van der Waals surface area contributed by atoms with Crippen molar-refractivity contribution in [2.75, 3.05) is 12.8 Å². The van der Waals surface area contributed by atoms with Crippen molar-refractivity contribution in [2.45, 2.75) is 25.2 Å². The van der Waals surface area contributed by atoms with Gasteiger partial charge in [0.15, 0.2) is 11.0 Å². The van der Waals surface area contributed by atoms with Gasteiger partial charge in [0, 0.05) is 12.7 Å². The Morgan fingerprint density at radius 3 is 2.58 bits per heavy atom. The fourth-order valence-electron chi connectivity index (χ4n) is 3.16. The molecule has 2 aromatic carbocycles. The zero-order valence-corrected chi connectivity index (χ0v) is 19.8. The van der Waals surface area contributed by atoms with Crippen molar-refractivity contribution in [2.24, 2.45) is 0 Å². The van der Waals surface area contributed by atoms with E-state index in [1.165, 1.54) is 11.8 Å². The molecule has 4 aromatic rings. The number of carbonyl (C=O) groups is 1. The van der Waals surface area contributed by atoms with Crippen molar-refractivity contribution >= 4 is 29.3 Å². The summed E-state index contributed by atoms with van der Waals surface area (Å²) in [7, 11) is 1.76. The van der Waals surface area contributed by atoms with Gasteiger partial charge in [-0.3, -0.25) is 9.36 Å². The van der Waals surface area contributed by atoms with Gasteiger partial charge in [-0.25, -0.2) is 0 Å². The summed E-state index contributed by atoms with van der Waals surface area (Å²) in [6.45, 7) is 2.47. The van der Waals surface area contributed by atoms with Crippen LogP contribution >= 0.6 is 23.4 Å². The highest BCUT2D eigenvalue weighted by molar-refractivity contribution is 7.99. The molecule has 0 unspecified atom stereocenters. The second-order valence-electron chi connectivity index (χ2n) is 7.34. The van der Waals surface area contributed by atoms with E-state index in [9.17, 15) is 4.79 Å². The van der Waals surface area contributed by atoms with E-state index in [4.69, 9.17) is 20.8 Å². The van der Waals surface area contributed by atoms with Crippen molar-refractivity contribution < 1.29 is 13.9 Å². The van der Waals surface area contributed by atoms with Gasteiger partial charge in [-0.1, -0.05) is 53.7 Å². The molecule has 2 aromatic heterocycles. The average molecular weight is 483 g/mol. The molecule has 0 aliphatic carbocycles. The summed E-state index contributed by atoms with van der Waals surface area (Å²) in [5, 5.41) is 9.77. The number of para-hydroxylation sites is 2. The Balaban J connectivity index is 1.48. The van der Waals surface area contributed by atoms with Crippen molar-refractivity contribution in [3.8, 4) is 11.4 Å². The second kappa shape index (κ2) is 10.6. The summed E-state index contributed by atoms with van der Waals surface area (Å²) in [6, 6.07) is 20.8. The topological polar surface area (TPSA) is 73.4 Å². The van der Waals surface area contributed by atoms with Crippen LogP contribution in [0.5, 0.6) is 5.75 Å². The SMILES string of the molecule is Cc1ccc(CN(C)C(=O)CSc2nnc(COc3ccccc3Cl)n2-c2ccccc2)o1. The van der Waals surface area contributed by atoms with E-state index in [2.05, 4.69) is 10.2 Å². The lowest BCUT2D eigenvalue weighted by Crippen LogP contribution is -2.27. The molecule has 7 nitrogen and oxygen atoms in total. The third-order valence-electron chi connectivity index (χ3n) is 4.85. The summed E-state index contributed by atoms with van der Waals surface area (Å²) in [4.78, 5) is 14.3. The maximum absolute atomic E-state index is 12.7. The molecule has 170 valence electrons. The first kappa shape index (κ1) is 22.9. The maximum Gasteiger partial charge on any atom is 0.233 e. The summed E-state index contributed by atoms with van der Waals surface area (Å²) in [6.07, 6.45) is 0. The lowest BCUT2D eigenvalue weighted by molar-refractivity contribution is -0.127. The minimum atomic E-state index is -0.0365. The Morgan fingerprint density at radius 2 is 1.85 bits per heavy atom. The van der Waals surface area contributed by atoms with E-state index >= 15 is 0 Å². The minimum Gasteiger partial charge on any atom is -0.484 e. The van der Waals surface area contributed by atoms with Crippen molar-refractivity contribution in [1.29, 1.82) is 0 Å². The monoisotopic (exact) mass is 482 g/mol. The second-order valence-corrected chi connectivity index (χ2v) is 8.69. The third kappa shape index (κ3) is 5.77. The van der Waals surface area contributed by atoms with E-state index in [1.54, 1.807) is 24.1 Å². The van der Waals surface area contributed by atoms with Crippen LogP contribution in [-0.2, 0) is 17.9 Å². The lowest BCUT2D eigenvalue weighted by Gasteiger charge is -2.16. The highest BCUT2D eigenvalue weighted by atomic mass is 35.5. The molecule has 0 saturated carbocycles. The summed E-state index contributed by atoms with van der Waals surface area (Å²) < 4.78 is 13.3. The van der Waals surface area contributed by atoms with E-state index in [0.717, 1.165) is 17.2 Å². The molecular weight excluding hydrogens is 460 g/mol. The number of hydrogen-bond donors (Lipinski definition) is 0. The summed E-state index contributed by atoms with van der Waals surface area (Å²) >= 11 is 7.53. The molecule has 4 rings (SSSR count). The van der Waals surface area contributed by atoms with Crippen LogP contribution in [0.15, 0.2) is 76.3 Å². The number of benzene rings is 2. The first-order chi connectivity index (χ1) is 16.0. The number of nitrogens with zero attached hydrogens (tertiary/aromatic N) is 4. The van der Waals surface area contributed by atoms with Crippen molar-refractivity contribution in [3.05, 3.63) is 89.1 Å². The van der Waals surface area contributed by atoms with Crippen LogP contribution in [0.4, 0.5) is 0 Å². The molecule has 0 N–H and O–H groups in total. The maximum atomic E-state index is 12.7. The highest BCUT2D eigenvalue weighted by Gasteiger charge is 2.18. The zero-order chi connectivity index (χ0) is 23.2. The molecule has 33 heavy (non-hydrogen) atoms. The van der Waals surface area contributed by atoms with E-state index in [-0.39, 0.29) is 18.3 Å². The predicted octanol–water partition coefficient (Wildman–Crippen LogP) is 5.15. The van der Waals surface area contributed by atoms with Gasteiger partial charge >= 0.3 is 0 Å². The standard InChI is InChI=1S/C24H23ClN4O3S/c1-17-12-13-19(32-17)14-28(2)23(30)16-33-24-27-26-22(29(24)18-8-4-3-5-9-18)15-31-21-11-7-6-10-20(21)25/h3-13H,14-16H2,1-2H3. The van der Waals surface area contributed by atoms with Gasteiger partial charge in [-0.2, -0.15) is 0 Å². The van der Waals surface area contributed by atoms with Gasteiger partial charge < -0.3 is 14.1 Å². The van der Waals surface area contributed by atoms with Gasteiger partial charge in [0.1, 0.15) is 23.9 Å². The van der Waals surface area contributed by atoms with E-state index in [0.29, 0.717) is 28.3 Å². The van der Waals surface area contributed by atoms with Gasteiger partial charge in [0.05, 0.1) is 17.3 Å². The number of hydrogen-bond acceptors (Lipinski definition) is 6. The molecule has 0 aliphatic heterocycles. The minimum absolute atomic E-state index is 0.0365. The Morgan fingerprint density at radius 1 is 1.09 bits per heavy atom. The lowest BCUT2D eigenvalue weighted by atomic mass is 10.3. The third-order valence-corrected chi connectivity index (χ3v) is 6.07. The van der Waals surface area contributed by atoms with Crippen molar-refractivity contribution in [3.63, 3.8) is 0 Å². The first-order valence-corrected chi connectivity index (χ1v) is 11.7. The predicted molar refractivity (Wildman–Crippen MR) is 128 cm³/mol. The average Bonchev–Trinajstić information content (AvgIpc) is 3.42. The first-order valence-electron chi connectivity index (χ1n) is 10.3. The molecule has 0 aliphatic rings. The Labute approximate surface area is 201 Å². The number of furan rings is 1. The molecule has 0 atom stereocenters. The number of halogens is 1. The van der Waals surface area contributed by atoms with Gasteiger partial charge in [-0.05, 0) is 43.3 Å². The number of ether oxygens (including phenoxy) is 1. The van der Waals surface area contributed by atoms with Gasteiger partial charge in [0.25, 0.3) is 0 Å². The quantitative estimate of drug-likeness (QED) is 0.307. The molecule has 0 spiro atoms. The van der Waals surface area contributed by atoms with Crippen LogP contribution in [0.3, 0.4) is 0 Å². The summed E-state index contributed by atoms with van der Waals surface area (Å²) in [5.41, 5.74) is 0.884. The number of thioether (sulfide) groups is 1. The number of aryl methyl sites for hydroxylation is 1. The largest absolute Gasteiger partial charge is 0.484 e. The molecule has 0 saturated heterocycles. The normalized spacial score (nSPS) is 10.9. The molecule has 9 heteroatoms. The highest BCUT2D eigenvalue weighted by Crippen LogP contribution is 2.26. The van der Waals surface area contributed by atoms with Crippen LogP contribution in [0.1, 0.15) is 17.3 Å². The smallest absolute Gasteiger partial charge is 0.233 e. The van der Waals surface area contributed by atoms with Crippen molar-refractivity contribution in [1.82, 2.24) is 19.7 Å². The zero-order valence-electron chi connectivity index (χ0n) is 18.3. The summed E-state index contributed by atoms with van der Waals surface area (Å²) in [5.74, 6) is 2.93. The molecule has 1 amide bonds. The van der Waals surface area contributed by atoms with Crippen LogP contribution < -0.4 is 4.74 Å².